The molecule has 6 heteroatoms. The SMILES string of the molecule is CCCCO[C@H]1[C@H](O)[C@@H](CN=[N+]=[N-])C=C[C@@H]1OCCCC. The van der Waals surface area contributed by atoms with Gasteiger partial charge in [0.15, 0.2) is 0 Å². The van der Waals surface area contributed by atoms with Crippen molar-refractivity contribution < 1.29 is 14.6 Å². The molecule has 1 rings (SSSR count). The van der Waals surface area contributed by atoms with Gasteiger partial charge in [-0.15, -0.1) is 0 Å². The maximum Gasteiger partial charge on any atom is 0.114 e. The van der Waals surface area contributed by atoms with Crippen LogP contribution in [0.5, 0.6) is 0 Å². The maximum atomic E-state index is 10.4. The standard InChI is InChI=1S/C15H27N3O3/c1-3-5-9-20-13-8-7-12(11-17-18-16)14(19)15(13)21-10-6-4-2/h7-8,12-15,19H,3-6,9-11H2,1-2H3/t12-,13+,14-,15-/m1/s1. The average Bonchev–Trinajstić information content (AvgIpc) is 2.49. The van der Waals surface area contributed by atoms with Gasteiger partial charge < -0.3 is 14.6 Å². The average molecular weight is 297 g/mol. The Kier molecular flexibility index (Phi) is 9.10. The first-order valence-electron chi connectivity index (χ1n) is 7.85. The van der Waals surface area contributed by atoms with Gasteiger partial charge in [-0.3, -0.25) is 0 Å². The Labute approximate surface area is 126 Å². The maximum absolute atomic E-state index is 10.4. The van der Waals surface area contributed by atoms with Gasteiger partial charge in [0.25, 0.3) is 0 Å². The van der Waals surface area contributed by atoms with Crippen LogP contribution in [-0.2, 0) is 9.47 Å². The lowest BCUT2D eigenvalue weighted by Crippen LogP contribution is -2.47. The highest BCUT2D eigenvalue weighted by atomic mass is 16.5. The molecule has 21 heavy (non-hydrogen) atoms. The molecule has 0 bridgehead atoms. The summed E-state index contributed by atoms with van der Waals surface area (Å²) < 4.78 is 11.6. The molecular weight excluding hydrogens is 270 g/mol. The van der Waals surface area contributed by atoms with Crippen molar-refractivity contribution in [1.29, 1.82) is 0 Å². The lowest BCUT2D eigenvalue weighted by atomic mass is 9.88. The highest BCUT2D eigenvalue weighted by Crippen LogP contribution is 2.25. The number of hydrogen-bond acceptors (Lipinski definition) is 4. The second-order valence-electron chi connectivity index (χ2n) is 5.33. The summed E-state index contributed by atoms with van der Waals surface area (Å²) in [7, 11) is 0. The summed E-state index contributed by atoms with van der Waals surface area (Å²) in [6, 6.07) is 0. The van der Waals surface area contributed by atoms with Crippen molar-refractivity contribution in [2.24, 2.45) is 11.0 Å². The molecule has 0 aromatic heterocycles. The predicted molar refractivity (Wildman–Crippen MR) is 81.9 cm³/mol. The smallest absolute Gasteiger partial charge is 0.114 e. The van der Waals surface area contributed by atoms with Crippen molar-refractivity contribution in [2.45, 2.75) is 57.8 Å². The molecule has 0 heterocycles. The molecule has 1 aliphatic rings. The minimum absolute atomic E-state index is 0.210. The summed E-state index contributed by atoms with van der Waals surface area (Å²) in [4.78, 5) is 2.75. The first-order chi connectivity index (χ1) is 10.2. The molecule has 120 valence electrons. The molecule has 0 unspecified atom stereocenters. The number of aliphatic hydroxyl groups is 1. The lowest BCUT2D eigenvalue weighted by Gasteiger charge is -2.36. The first kappa shape index (κ1) is 18.0. The van der Waals surface area contributed by atoms with Gasteiger partial charge in [-0.2, -0.15) is 0 Å². The van der Waals surface area contributed by atoms with E-state index in [4.69, 9.17) is 15.0 Å². The van der Waals surface area contributed by atoms with Crippen LogP contribution in [0.15, 0.2) is 17.3 Å². The number of nitrogens with zero attached hydrogens (tertiary/aromatic N) is 3. The number of azide groups is 1. The third-order valence-corrected chi connectivity index (χ3v) is 3.62. The van der Waals surface area contributed by atoms with Crippen LogP contribution in [-0.4, -0.2) is 43.2 Å². The van der Waals surface area contributed by atoms with E-state index in [2.05, 4.69) is 23.9 Å². The Morgan fingerprint density at radius 3 is 2.43 bits per heavy atom. The van der Waals surface area contributed by atoms with E-state index >= 15 is 0 Å². The van der Waals surface area contributed by atoms with Gasteiger partial charge in [0.2, 0.25) is 0 Å². The van der Waals surface area contributed by atoms with Crippen molar-refractivity contribution in [2.75, 3.05) is 19.8 Å². The molecule has 1 aliphatic carbocycles. The number of hydrogen-bond donors (Lipinski definition) is 1. The Hall–Kier alpha value is -1.07. The van der Waals surface area contributed by atoms with Gasteiger partial charge in [0.1, 0.15) is 12.2 Å². The van der Waals surface area contributed by atoms with Gasteiger partial charge in [-0.1, -0.05) is 44.0 Å². The predicted octanol–water partition coefficient (Wildman–Crippen LogP) is 3.21. The molecule has 0 saturated carbocycles. The molecule has 4 atom stereocenters. The summed E-state index contributed by atoms with van der Waals surface area (Å²) in [5.41, 5.74) is 8.41. The zero-order valence-electron chi connectivity index (χ0n) is 13.0. The van der Waals surface area contributed by atoms with E-state index in [1.165, 1.54) is 0 Å². The fraction of sp³-hybridized carbons (Fsp3) is 0.867. The molecule has 0 fully saturated rings. The molecule has 0 spiro atoms. The second kappa shape index (κ2) is 10.6. The normalized spacial score (nSPS) is 28.3. The molecule has 0 aromatic carbocycles. The Bertz CT molecular complexity index is 356. The van der Waals surface area contributed by atoms with Crippen LogP contribution >= 0.6 is 0 Å². The molecule has 0 radical (unpaired) electrons. The van der Waals surface area contributed by atoms with Crippen LogP contribution in [0.1, 0.15) is 39.5 Å². The number of unbranched alkanes of at least 4 members (excludes halogenated alkanes) is 2. The minimum atomic E-state index is -0.705. The highest BCUT2D eigenvalue weighted by molar-refractivity contribution is 5.09. The molecule has 0 aromatic rings. The third kappa shape index (κ3) is 6.06. The largest absolute Gasteiger partial charge is 0.390 e. The molecule has 0 amide bonds. The van der Waals surface area contributed by atoms with Gasteiger partial charge in [0.05, 0.1) is 6.10 Å². The summed E-state index contributed by atoms with van der Waals surface area (Å²) in [5.74, 6) is -0.210. The van der Waals surface area contributed by atoms with Crippen LogP contribution in [0.3, 0.4) is 0 Å². The monoisotopic (exact) mass is 297 g/mol. The van der Waals surface area contributed by atoms with Crippen molar-refractivity contribution >= 4 is 0 Å². The van der Waals surface area contributed by atoms with E-state index in [1.807, 2.05) is 12.2 Å². The molecule has 6 nitrogen and oxygen atoms in total. The van der Waals surface area contributed by atoms with E-state index < -0.39 is 12.2 Å². The zero-order valence-corrected chi connectivity index (χ0v) is 13.0. The van der Waals surface area contributed by atoms with E-state index in [0.717, 1.165) is 25.7 Å². The summed E-state index contributed by atoms with van der Waals surface area (Å²) in [5, 5.41) is 14.0. The van der Waals surface area contributed by atoms with Crippen molar-refractivity contribution in [3.63, 3.8) is 0 Å². The Morgan fingerprint density at radius 2 is 1.81 bits per heavy atom. The van der Waals surface area contributed by atoms with Crippen LogP contribution in [0.2, 0.25) is 0 Å². The van der Waals surface area contributed by atoms with Crippen LogP contribution in [0, 0.1) is 5.92 Å². The van der Waals surface area contributed by atoms with Gasteiger partial charge in [0, 0.05) is 30.6 Å². The number of aliphatic hydroxyl groups excluding tert-OH is 1. The number of rotatable bonds is 10. The van der Waals surface area contributed by atoms with E-state index in [9.17, 15) is 5.11 Å². The third-order valence-electron chi connectivity index (χ3n) is 3.62. The summed E-state index contributed by atoms with van der Waals surface area (Å²) in [6.07, 6.45) is 6.53. The zero-order chi connectivity index (χ0) is 15.5. The van der Waals surface area contributed by atoms with E-state index in [0.29, 0.717) is 13.2 Å². The van der Waals surface area contributed by atoms with Gasteiger partial charge in [-0.05, 0) is 18.4 Å². The topological polar surface area (TPSA) is 87.5 Å². The van der Waals surface area contributed by atoms with Crippen molar-refractivity contribution in [3.05, 3.63) is 22.6 Å². The van der Waals surface area contributed by atoms with Crippen LogP contribution in [0.4, 0.5) is 0 Å². The summed E-state index contributed by atoms with van der Waals surface area (Å²) in [6.45, 7) is 5.71. The fourth-order valence-electron chi connectivity index (χ4n) is 2.28. The Balaban J connectivity index is 2.66. The van der Waals surface area contributed by atoms with Gasteiger partial charge >= 0.3 is 0 Å². The summed E-state index contributed by atoms with van der Waals surface area (Å²) >= 11 is 0. The van der Waals surface area contributed by atoms with Crippen molar-refractivity contribution in [1.82, 2.24) is 0 Å². The first-order valence-corrected chi connectivity index (χ1v) is 7.85. The lowest BCUT2D eigenvalue weighted by molar-refractivity contribution is -0.122. The Morgan fingerprint density at radius 1 is 1.14 bits per heavy atom. The molecule has 0 aliphatic heterocycles. The molecule has 1 N–H and O–H groups in total. The van der Waals surface area contributed by atoms with E-state index in [-0.39, 0.29) is 18.6 Å². The second-order valence-corrected chi connectivity index (χ2v) is 5.33. The molecular formula is C15H27N3O3. The minimum Gasteiger partial charge on any atom is -0.390 e. The van der Waals surface area contributed by atoms with E-state index in [1.54, 1.807) is 0 Å². The van der Waals surface area contributed by atoms with Crippen molar-refractivity contribution in [3.8, 4) is 0 Å². The number of ether oxygens (including phenoxy) is 2. The fourth-order valence-corrected chi connectivity index (χ4v) is 2.28. The molecule has 0 saturated heterocycles. The van der Waals surface area contributed by atoms with Gasteiger partial charge in [-0.25, -0.2) is 0 Å². The highest BCUT2D eigenvalue weighted by Gasteiger charge is 2.36. The van der Waals surface area contributed by atoms with Crippen LogP contribution < -0.4 is 0 Å². The quantitative estimate of drug-likeness (QED) is 0.221. The van der Waals surface area contributed by atoms with Crippen LogP contribution in [0.25, 0.3) is 10.4 Å².